The highest BCUT2D eigenvalue weighted by Crippen LogP contribution is 2.16. The van der Waals surface area contributed by atoms with Crippen molar-refractivity contribution in [3.63, 3.8) is 0 Å². The molecular weight excluding hydrogens is 334 g/mol. The topological polar surface area (TPSA) is 36.1 Å². The summed E-state index contributed by atoms with van der Waals surface area (Å²) in [5.41, 5.74) is 10.4. The van der Waals surface area contributed by atoms with Crippen molar-refractivity contribution in [1.82, 2.24) is 5.43 Å². The fourth-order valence-corrected chi connectivity index (χ4v) is 2.47. The molecule has 0 heterocycles. The highest BCUT2D eigenvalue weighted by Gasteiger charge is 1.99. The summed E-state index contributed by atoms with van der Waals surface area (Å²) in [4.78, 5) is 0. The molecule has 0 aliphatic carbocycles. The summed E-state index contributed by atoms with van der Waals surface area (Å²) in [7, 11) is 0. The molecule has 0 atom stereocenters. The predicted octanol–water partition coefficient (Wildman–Crippen LogP) is 4.38. The smallest absolute Gasteiger partial charge is 0.189 e. The first kappa shape index (κ1) is 14.8. The first-order valence-electron chi connectivity index (χ1n) is 6.20. The Labute approximate surface area is 132 Å². The van der Waals surface area contributed by atoms with Crippen molar-refractivity contribution in [2.24, 2.45) is 0 Å². The molecule has 3 N–H and O–H groups in total. The molecule has 104 valence electrons. The van der Waals surface area contributed by atoms with Crippen LogP contribution >= 0.6 is 28.1 Å². The van der Waals surface area contributed by atoms with Crippen molar-refractivity contribution in [2.45, 2.75) is 13.8 Å². The molecule has 2 aromatic rings. The first-order chi connectivity index (χ1) is 9.52. The summed E-state index contributed by atoms with van der Waals surface area (Å²) in [6.45, 7) is 4.13. The van der Waals surface area contributed by atoms with E-state index in [0.29, 0.717) is 5.11 Å². The Morgan fingerprint density at radius 1 is 1.00 bits per heavy atom. The van der Waals surface area contributed by atoms with Crippen LogP contribution in [-0.2, 0) is 0 Å². The number of rotatable bonds is 3. The van der Waals surface area contributed by atoms with E-state index in [1.165, 1.54) is 11.1 Å². The molecule has 0 bridgehead atoms. The third-order valence-electron chi connectivity index (χ3n) is 2.62. The van der Waals surface area contributed by atoms with Gasteiger partial charge in [0.2, 0.25) is 0 Å². The Morgan fingerprint density at radius 2 is 1.70 bits per heavy atom. The monoisotopic (exact) mass is 349 g/mol. The Hall–Kier alpha value is -1.59. The van der Waals surface area contributed by atoms with Crippen LogP contribution in [0.3, 0.4) is 0 Å². The average molecular weight is 350 g/mol. The molecule has 0 aliphatic rings. The minimum absolute atomic E-state index is 0.516. The van der Waals surface area contributed by atoms with Gasteiger partial charge in [0.1, 0.15) is 0 Å². The number of anilines is 2. The number of hydrazine groups is 1. The van der Waals surface area contributed by atoms with Crippen LogP contribution in [0.4, 0.5) is 11.4 Å². The van der Waals surface area contributed by atoms with Gasteiger partial charge in [-0.3, -0.25) is 10.9 Å². The van der Waals surface area contributed by atoms with E-state index in [2.05, 4.69) is 64.1 Å². The maximum Gasteiger partial charge on any atom is 0.189 e. The minimum Gasteiger partial charge on any atom is -0.331 e. The Bertz CT molecular complexity index is 608. The number of thiocarbonyl (C=S) groups is 1. The molecule has 0 aromatic heterocycles. The zero-order chi connectivity index (χ0) is 14.5. The van der Waals surface area contributed by atoms with E-state index in [-0.39, 0.29) is 0 Å². The molecular formula is C15H16BrN3S. The zero-order valence-corrected chi connectivity index (χ0v) is 13.7. The number of benzene rings is 2. The van der Waals surface area contributed by atoms with Crippen LogP contribution in [0.1, 0.15) is 11.1 Å². The summed E-state index contributed by atoms with van der Waals surface area (Å²) in [6.07, 6.45) is 0. The van der Waals surface area contributed by atoms with Crippen molar-refractivity contribution in [2.75, 3.05) is 10.7 Å². The van der Waals surface area contributed by atoms with Gasteiger partial charge in [-0.25, -0.2) is 0 Å². The van der Waals surface area contributed by atoms with Crippen LogP contribution in [0.2, 0.25) is 0 Å². The van der Waals surface area contributed by atoms with E-state index in [0.717, 1.165) is 15.8 Å². The second-order valence-electron chi connectivity index (χ2n) is 4.59. The van der Waals surface area contributed by atoms with Crippen molar-refractivity contribution in [1.29, 1.82) is 0 Å². The molecule has 2 aromatic carbocycles. The molecule has 0 saturated heterocycles. The summed E-state index contributed by atoms with van der Waals surface area (Å²) in [5, 5.41) is 3.63. The largest absolute Gasteiger partial charge is 0.331 e. The van der Waals surface area contributed by atoms with E-state index in [4.69, 9.17) is 12.2 Å². The van der Waals surface area contributed by atoms with E-state index < -0.39 is 0 Å². The second-order valence-corrected chi connectivity index (χ2v) is 5.91. The molecule has 0 amide bonds. The van der Waals surface area contributed by atoms with E-state index >= 15 is 0 Å². The van der Waals surface area contributed by atoms with Crippen molar-refractivity contribution >= 4 is 44.6 Å². The second kappa shape index (κ2) is 6.72. The molecule has 0 aliphatic heterocycles. The maximum atomic E-state index is 5.24. The molecule has 0 spiro atoms. The zero-order valence-electron chi connectivity index (χ0n) is 11.3. The Balaban J connectivity index is 1.92. The van der Waals surface area contributed by atoms with Crippen LogP contribution < -0.4 is 16.2 Å². The van der Waals surface area contributed by atoms with Gasteiger partial charge in [0, 0.05) is 10.2 Å². The molecule has 0 saturated carbocycles. The van der Waals surface area contributed by atoms with Gasteiger partial charge in [0.05, 0.1) is 5.69 Å². The fraction of sp³-hybridized carbons (Fsp3) is 0.133. The van der Waals surface area contributed by atoms with Crippen molar-refractivity contribution in [3.8, 4) is 0 Å². The molecule has 3 nitrogen and oxygen atoms in total. The van der Waals surface area contributed by atoms with Crippen molar-refractivity contribution < 1.29 is 0 Å². The lowest BCUT2D eigenvalue weighted by Gasteiger charge is -2.13. The van der Waals surface area contributed by atoms with Gasteiger partial charge in [0.25, 0.3) is 0 Å². The van der Waals surface area contributed by atoms with Gasteiger partial charge in [-0.2, -0.15) is 0 Å². The molecule has 2 rings (SSSR count). The number of hydrogen-bond donors (Lipinski definition) is 3. The minimum atomic E-state index is 0.516. The van der Waals surface area contributed by atoms with Crippen molar-refractivity contribution in [3.05, 3.63) is 58.1 Å². The van der Waals surface area contributed by atoms with E-state index in [1.807, 2.05) is 24.3 Å². The number of hydrogen-bond acceptors (Lipinski definition) is 2. The predicted molar refractivity (Wildman–Crippen MR) is 93.0 cm³/mol. The van der Waals surface area contributed by atoms with Gasteiger partial charge >= 0.3 is 0 Å². The fourth-order valence-electron chi connectivity index (χ4n) is 1.90. The number of nitrogens with one attached hydrogen (secondary N) is 3. The summed E-state index contributed by atoms with van der Waals surface area (Å²) in [6, 6.07) is 14.1. The Kier molecular flexibility index (Phi) is 4.98. The van der Waals surface area contributed by atoms with E-state index in [9.17, 15) is 0 Å². The highest BCUT2D eigenvalue weighted by molar-refractivity contribution is 9.10. The molecule has 0 fully saturated rings. The highest BCUT2D eigenvalue weighted by atomic mass is 79.9. The van der Waals surface area contributed by atoms with Crippen LogP contribution in [-0.4, -0.2) is 5.11 Å². The summed E-state index contributed by atoms with van der Waals surface area (Å²) in [5.74, 6) is 0. The lowest BCUT2D eigenvalue weighted by molar-refractivity contribution is 1.13. The maximum absolute atomic E-state index is 5.24. The van der Waals surface area contributed by atoms with Crippen LogP contribution in [0.5, 0.6) is 0 Å². The van der Waals surface area contributed by atoms with Gasteiger partial charge in [-0.1, -0.05) is 28.1 Å². The SMILES string of the molecule is Cc1cc(C)cc(NNC(=S)Nc2cccc(Br)c2)c1. The van der Waals surface area contributed by atoms with Gasteiger partial charge in [-0.15, -0.1) is 0 Å². The summed E-state index contributed by atoms with van der Waals surface area (Å²) >= 11 is 8.67. The van der Waals surface area contributed by atoms with Crippen LogP contribution in [0.15, 0.2) is 46.9 Å². The molecule has 0 unspecified atom stereocenters. The lowest BCUT2D eigenvalue weighted by Crippen LogP contribution is -2.33. The third-order valence-corrected chi connectivity index (χ3v) is 3.32. The standard InChI is InChI=1S/C15H16BrN3S/c1-10-6-11(2)8-14(7-10)18-19-15(20)17-13-5-3-4-12(16)9-13/h3-9,18H,1-2H3,(H2,17,19,20). The molecule has 0 radical (unpaired) electrons. The van der Waals surface area contributed by atoms with Gasteiger partial charge in [-0.05, 0) is 67.5 Å². The number of aryl methyl sites for hydroxylation is 2. The van der Waals surface area contributed by atoms with E-state index in [1.54, 1.807) is 0 Å². The van der Waals surface area contributed by atoms with Gasteiger partial charge < -0.3 is 5.32 Å². The lowest BCUT2D eigenvalue weighted by atomic mass is 10.1. The number of halogens is 1. The molecule has 20 heavy (non-hydrogen) atoms. The molecule has 5 heteroatoms. The quantitative estimate of drug-likeness (QED) is 0.567. The normalized spacial score (nSPS) is 9.95. The third kappa shape index (κ3) is 4.51. The van der Waals surface area contributed by atoms with Gasteiger partial charge in [0.15, 0.2) is 5.11 Å². The first-order valence-corrected chi connectivity index (χ1v) is 7.40. The Morgan fingerprint density at radius 3 is 2.35 bits per heavy atom. The average Bonchev–Trinajstić information content (AvgIpc) is 2.35. The van der Waals surface area contributed by atoms with Crippen LogP contribution in [0.25, 0.3) is 0 Å². The van der Waals surface area contributed by atoms with Crippen LogP contribution in [0, 0.1) is 13.8 Å². The summed E-state index contributed by atoms with van der Waals surface area (Å²) < 4.78 is 1.01.